The second-order valence-corrected chi connectivity index (χ2v) is 8.06. The fourth-order valence-corrected chi connectivity index (χ4v) is 3.26. The van der Waals surface area contributed by atoms with Crippen molar-refractivity contribution in [1.82, 2.24) is 10.6 Å². The summed E-state index contributed by atoms with van der Waals surface area (Å²) in [6.07, 6.45) is 4.29. The van der Waals surface area contributed by atoms with E-state index < -0.39 is 25.6 Å². The second kappa shape index (κ2) is 16.2. The first-order chi connectivity index (χ1) is 15.6. The quantitative estimate of drug-likeness (QED) is 0.0598. The predicted octanol–water partition coefficient (Wildman–Crippen LogP) is -1.54. The molecular weight excluding hydrogens is 479 g/mol. The Morgan fingerprint density at radius 3 is 2.03 bits per heavy atom. The topological polar surface area (TPSA) is 180 Å². The van der Waals surface area contributed by atoms with E-state index in [0.717, 1.165) is 18.2 Å². The molecule has 0 saturated heterocycles. The van der Waals surface area contributed by atoms with Gasteiger partial charge in [0.1, 0.15) is 15.0 Å². The van der Waals surface area contributed by atoms with Crippen LogP contribution in [0.15, 0.2) is 42.3 Å². The number of benzene rings is 1. The molecule has 2 amide bonds. The number of non-ortho nitro benzene ring substituents is 1. The fourth-order valence-electron chi connectivity index (χ4n) is 2.60. The number of carbonyl (C=O) groups excluding carboxylic acids is 2. The minimum absolute atomic E-state index is 0. The Kier molecular flexibility index (Phi) is 15.1. The smallest absolute Gasteiger partial charge is 0.744 e. The summed E-state index contributed by atoms with van der Waals surface area (Å²) in [5.74, 6) is -0.945. The molecule has 0 unspecified atom stereocenters. The molecule has 0 bridgehead atoms. The molecule has 182 valence electrons. The predicted molar refractivity (Wildman–Crippen MR) is 120 cm³/mol. The Morgan fingerprint density at radius 2 is 1.53 bits per heavy atom. The van der Waals surface area contributed by atoms with Gasteiger partial charge < -0.3 is 25.2 Å². The van der Waals surface area contributed by atoms with Crippen LogP contribution in [-0.4, -0.2) is 55.9 Å². The van der Waals surface area contributed by atoms with Gasteiger partial charge in [-0.25, -0.2) is 8.42 Å². The molecule has 1 aromatic carbocycles. The molecule has 1 rings (SSSR count). The molecule has 0 aliphatic rings. The number of hydrogen-bond acceptors (Lipinski definition) is 9. The average Bonchev–Trinajstić information content (AvgIpc) is 2.77. The van der Waals surface area contributed by atoms with Gasteiger partial charge in [-0.1, -0.05) is 13.2 Å². The maximum Gasteiger partial charge on any atom is 1.00 e. The SMILES string of the molecule is C=CC(=O)NCCCCNc1cc([N+](=O)[O-])cc(S(=O)(=O)[O-])c1OCCCCNC(=O)C=C.[Na+]. The number of nitro benzene ring substituents is 1. The number of nitrogens with zero attached hydrogens (tertiary/aromatic N) is 1. The normalized spacial score (nSPS) is 10.4. The number of carbonyl (C=O) groups is 2. The summed E-state index contributed by atoms with van der Waals surface area (Å²) in [5, 5.41) is 19.3. The molecule has 0 atom stereocenters. The van der Waals surface area contributed by atoms with Gasteiger partial charge in [0.2, 0.25) is 11.8 Å². The first kappa shape index (κ1) is 31.6. The summed E-state index contributed by atoms with van der Waals surface area (Å²) < 4.78 is 40.7. The number of hydrogen-bond donors (Lipinski definition) is 3. The standard InChI is InChI=1S/C20H28N4O8S.Na/c1-3-18(25)22-10-6-5-9-21-16-13-15(24(27)28)14-17(33(29,30)31)20(16)32-12-8-7-11-23-19(26)4-2;/h3-4,13-14,21H,1-2,5-12H2,(H,22,25)(H,23,26)(H,29,30,31);/q;+1/p-1. The van der Waals surface area contributed by atoms with Crippen molar-refractivity contribution < 1.29 is 61.8 Å². The van der Waals surface area contributed by atoms with E-state index in [4.69, 9.17) is 4.74 Å². The van der Waals surface area contributed by atoms with Crippen LogP contribution in [0.25, 0.3) is 0 Å². The Morgan fingerprint density at radius 1 is 1.00 bits per heavy atom. The second-order valence-electron chi connectivity index (χ2n) is 6.71. The van der Waals surface area contributed by atoms with Crippen molar-refractivity contribution in [3.63, 3.8) is 0 Å². The van der Waals surface area contributed by atoms with Gasteiger partial charge in [-0.05, 0) is 37.8 Å². The molecule has 0 spiro atoms. The number of ether oxygens (including phenoxy) is 1. The van der Waals surface area contributed by atoms with Crippen LogP contribution in [0.5, 0.6) is 5.75 Å². The summed E-state index contributed by atoms with van der Waals surface area (Å²) in [6, 6.07) is 1.76. The van der Waals surface area contributed by atoms with E-state index in [1.54, 1.807) is 0 Å². The van der Waals surface area contributed by atoms with Crippen LogP contribution in [0.3, 0.4) is 0 Å². The van der Waals surface area contributed by atoms with E-state index in [0.29, 0.717) is 44.8 Å². The number of unbranched alkanes of at least 4 members (excludes halogenated alkanes) is 2. The minimum atomic E-state index is -5.07. The van der Waals surface area contributed by atoms with Crippen molar-refractivity contribution in [2.45, 2.75) is 30.6 Å². The Bertz CT molecular complexity index is 985. The minimum Gasteiger partial charge on any atom is -0.744 e. The number of anilines is 1. The van der Waals surface area contributed by atoms with Crippen molar-refractivity contribution in [3.05, 3.63) is 47.6 Å². The van der Waals surface area contributed by atoms with E-state index in [2.05, 4.69) is 29.1 Å². The molecule has 1 aromatic rings. The average molecular weight is 507 g/mol. The number of rotatable bonds is 16. The maximum absolute atomic E-state index is 11.7. The molecule has 14 heteroatoms. The Balaban J connectivity index is 0.0000109. The molecule has 0 fully saturated rings. The first-order valence-electron chi connectivity index (χ1n) is 10.1. The van der Waals surface area contributed by atoms with Crippen LogP contribution >= 0.6 is 0 Å². The van der Waals surface area contributed by atoms with Crippen LogP contribution in [0.1, 0.15) is 25.7 Å². The molecule has 34 heavy (non-hydrogen) atoms. The van der Waals surface area contributed by atoms with Crippen molar-refractivity contribution in [2.24, 2.45) is 0 Å². The zero-order chi connectivity index (χ0) is 24.9. The van der Waals surface area contributed by atoms with Gasteiger partial charge in [0.25, 0.3) is 5.69 Å². The van der Waals surface area contributed by atoms with Gasteiger partial charge >= 0.3 is 29.6 Å². The summed E-state index contributed by atoms with van der Waals surface area (Å²) in [7, 11) is -5.07. The maximum atomic E-state index is 11.7. The molecule has 0 saturated carbocycles. The summed E-state index contributed by atoms with van der Waals surface area (Å²) in [6.45, 7) is 7.67. The molecule has 0 radical (unpaired) electrons. The molecule has 3 N–H and O–H groups in total. The Hall–Kier alpha value is -2.45. The molecular formula is C20H27N4NaO8S. The van der Waals surface area contributed by atoms with Gasteiger partial charge in [-0.15, -0.1) is 0 Å². The van der Waals surface area contributed by atoms with Crippen molar-refractivity contribution >= 4 is 33.3 Å². The van der Waals surface area contributed by atoms with Gasteiger partial charge in [0.05, 0.1) is 17.2 Å². The van der Waals surface area contributed by atoms with Crippen LogP contribution in [0.2, 0.25) is 0 Å². The summed E-state index contributed by atoms with van der Waals surface area (Å²) in [4.78, 5) is 31.8. The van der Waals surface area contributed by atoms with E-state index in [-0.39, 0.29) is 66.0 Å². The largest absolute Gasteiger partial charge is 1.00 e. The van der Waals surface area contributed by atoms with Crippen LogP contribution in [-0.2, 0) is 19.7 Å². The van der Waals surface area contributed by atoms with Crippen LogP contribution < -0.4 is 50.2 Å². The summed E-state index contributed by atoms with van der Waals surface area (Å²) in [5.41, 5.74) is -0.585. The van der Waals surface area contributed by atoms with Gasteiger partial charge in [-0.2, -0.15) is 0 Å². The summed E-state index contributed by atoms with van der Waals surface area (Å²) >= 11 is 0. The van der Waals surface area contributed by atoms with E-state index >= 15 is 0 Å². The van der Waals surface area contributed by atoms with Crippen molar-refractivity contribution in [3.8, 4) is 5.75 Å². The monoisotopic (exact) mass is 506 g/mol. The van der Waals surface area contributed by atoms with E-state index in [1.165, 1.54) is 0 Å². The molecule has 12 nitrogen and oxygen atoms in total. The third-order valence-corrected chi connectivity index (χ3v) is 5.07. The number of nitro groups is 1. The zero-order valence-corrected chi connectivity index (χ0v) is 21.8. The number of amides is 2. The molecule has 0 heterocycles. The zero-order valence-electron chi connectivity index (χ0n) is 19.0. The van der Waals surface area contributed by atoms with Gasteiger partial charge in [-0.3, -0.25) is 19.7 Å². The fraction of sp³-hybridized carbons (Fsp3) is 0.400. The van der Waals surface area contributed by atoms with Crippen molar-refractivity contribution in [2.75, 3.05) is 31.6 Å². The van der Waals surface area contributed by atoms with Gasteiger partial charge in [0.15, 0.2) is 5.75 Å². The van der Waals surface area contributed by atoms with Crippen molar-refractivity contribution in [1.29, 1.82) is 0 Å². The van der Waals surface area contributed by atoms with Gasteiger partial charge in [0, 0.05) is 31.8 Å². The third-order valence-electron chi connectivity index (χ3n) is 4.23. The Labute approximate surface area is 220 Å². The third kappa shape index (κ3) is 11.6. The van der Waals surface area contributed by atoms with E-state index in [9.17, 15) is 32.7 Å². The van der Waals surface area contributed by atoms with E-state index in [1.807, 2.05) is 0 Å². The van der Waals surface area contributed by atoms with Crippen LogP contribution in [0, 0.1) is 10.1 Å². The first-order valence-corrected chi connectivity index (χ1v) is 11.5. The number of nitrogens with one attached hydrogen (secondary N) is 3. The van der Waals surface area contributed by atoms with Crippen LogP contribution in [0.4, 0.5) is 11.4 Å². The molecule has 0 aromatic heterocycles. The molecule has 0 aliphatic heterocycles. The molecule has 0 aliphatic carbocycles.